The molecule has 1 aliphatic rings. The number of rotatable bonds is 13. The lowest BCUT2D eigenvalue weighted by Gasteiger charge is -2.30. The van der Waals surface area contributed by atoms with Crippen LogP contribution in [0, 0.1) is 0 Å². The van der Waals surface area contributed by atoms with Gasteiger partial charge in [0.15, 0.2) is 5.96 Å². The Bertz CT molecular complexity index is 932. The average Bonchev–Trinajstić information content (AvgIpc) is 3.51. The number of aliphatic hydroxyl groups excluding tert-OH is 1. The maximum Gasteiger partial charge on any atom is 0.326 e. The van der Waals surface area contributed by atoms with Crippen LogP contribution in [0.3, 0.4) is 0 Å². The lowest BCUT2D eigenvalue weighted by atomic mass is 10.1. The van der Waals surface area contributed by atoms with Gasteiger partial charge in [0.2, 0.25) is 17.7 Å². The third-order valence-corrected chi connectivity index (χ3v) is 5.81. The van der Waals surface area contributed by atoms with E-state index in [1.54, 1.807) is 0 Å². The predicted molar refractivity (Wildman–Crippen MR) is 128 cm³/mol. The van der Waals surface area contributed by atoms with Crippen LogP contribution in [0.4, 0.5) is 0 Å². The highest BCUT2D eigenvalue weighted by Crippen LogP contribution is 2.20. The van der Waals surface area contributed by atoms with Crippen molar-refractivity contribution in [3.8, 4) is 0 Å². The topological polar surface area (TPSA) is 255 Å². The van der Waals surface area contributed by atoms with Crippen LogP contribution < -0.4 is 27.8 Å². The van der Waals surface area contributed by atoms with E-state index in [1.165, 1.54) is 24.3 Å². The van der Waals surface area contributed by atoms with E-state index < -0.39 is 54.0 Å². The molecule has 1 aliphatic heterocycles. The molecule has 1 saturated heterocycles. The Morgan fingerprint density at radius 3 is 2.58 bits per heavy atom. The molecule has 15 nitrogen and oxygen atoms in total. The number of hydrogen-bond donors (Lipinski definition) is 8. The standard InChI is InChI=1S/C21H35N9O6/c1-11(31)16(22)18(33)29-14(8-12-9-25-10-27-12)19(34)30-7-3-5-15(30)17(32)28-13(20(35)36)4-2-6-26-21(23)24/h9-11,13-16,31H,2-8,22H2,1H3,(H,25,27)(H,28,32)(H,29,33)(H,35,36)(H4,23,24,26). The largest absolute Gasteiger partial charge is 0.480 e. The molecule has 0 saturated carbocycles. The number of amides is 3. The van der Waals surface area contributed by atoms with Gasteiger partial charge in [-0.05, 0) is 32.6 Å². The zero-order chi connectivity index (χ0) is 26.8. The summed E-state index contributed by atoms with van der Waals surface area (Å²) in [6, 6.07) is -4.45. The van der Waals surface area contributed by atoms with Crippen LogP contribution in [0.15, 0.2) is 17.5 Å². The molecule has 2 rings (SSSR count). The molecule has 11 N–H and O–H groups in total. The maximum absolute atomic E-state index is 13.4. The Morgan fingerprint density at radius 1 is 1.28 bits per heavy atom. The molecule has 200 valence electrons. The van der Waals surface area contributed by atoms with Crippen molar-refractivity contribution in [3.63, 3.8) is 0 Å². The Balaban J connectivity index is 2.12. The predicted octanol–water partition coefficient (Wildman–Crippen LogP) is -3.24. The van der Waals surface area contributed by atoms with E-state index in [9.17, 15) is 29.4 Å². The first-order valence-electron chi connectivity index (χ1n) is 11.6. The van der Waals surface area contributed by atoms with Crippen molar-refractivity contribution in [2.24, 2.45) is 22.2 Å². The van der Waals surface area contributed by atoms with Crippen LogP contribution in [-0.2, 0) is 25.6 Å². The number of imidazole rings is 1. The first-order chi connectivity index (χ1) is 17.0. The fourth-order valence-corrected chi connectivity index (χ4v) is 3.84. The second kappa shape index (κ2) is 13.4. The third kappa shape index (κ3) is 8.20. The molecule has 1 aromatic heterocycles. The fourth-order valence-electron chi connectivity index (χ4n) is 3.84. The number of aliphatic hydroxyl groups is 1. The van der Waals surface area contributed by atoms with E-state index in [2.05, 4.69) is 25.6 Å². The summed E-state index contributed by atoms with van der Waals surface area (Å²) in [5.74, 6) is -3.21. The number of hydrogen-bond acceptors (Lipinski definition) is 8. The molecule has 3 amide bonds. The van der Waals surface area contributed by atoms with Crippen LogP contribution in [0.25, 0.3) is 0 Å². The lowest BCUT2D eigenvalue weighted by molar-refractivity contribution is -0.145. The Morgan fingerprint density at radius 2 is 2.00 bits per heavy atom. The monoisotopic (exact) mass is 509 g/mol. The summed E-state index contributed by atoms with van der Waals surface area (Å²) >= 11 is 0. The zero-order valence-corrected chi connectivity index (χ0v) is 20.1. The van der Waals surface area contributed by atoms with Crippen molar-refractivity contribution < 1.29 is 29.4 Å². The molecule has 0 spiro atoms. The molecule has 0 aliphatic carbocycles. The number of nitrogens with zero attached hydrogens (tertiary/aromatic N) is 3. The smallest absolute Gasteiger partial charge is 0.326 e. The number of likely N-dealkylation sites (tertiary alicyclic amines) is 1. The second-order valence-electron chi connectivity index (χ2n) is 8.65. The molecule has 2 heterocycles. The lowest BCUT2D eigenvalue weighted by Crippen LogP contribution is -2.58. The van der Waals surface area contributed by atoms with Crippen LogP contribution in [-0.4, -0.2) is 98.1 Å². The van der Waals surface area contributed by atoms with Crippen LogP contribution in [0.1, 0.15) is 38.3 Å². The van der Waals surface area contributed by atoms with E-state index in [-0.39, 0.29) is 31.9 Å². The number of carbonyl (C=O) groups excluding carboxylic acids is 3. The molecule has 36 heavy (non-hydrogen) atoms. The number of aromatic nitrogens is 2. The number of nitrogens with two attached hydrogens (primary N) is 3. The van der Waals surface area contributed by atoms with Gasteiger partial charge in [-0.2, -0.15) is 0 Å². The van der Waals surface area contributed by atoms with Gasteiger partial charge in [-0.3, -0.25) is 19.4 Å². The summed E-state index contributed by atoms with van der Waals surface area (Å²) in [6.45, 7) is 1.81. The van der Waals surface area contributed by atoms with E-state index >= 15 is 0 Å². The van der Waals surface area contributed by atoms with E-state index in [0.29, 0.717) is 25.0 Å². The van der Waals surface area contributed by atoms with Crippen molar-refractivity contribution in [1.29, 1.82) is 0 Å². The third-order valence-electron chi connectivity index (χ3n) is 5.81. The number of aliphatic carboxylic acids is 1. The minimum Gasteiger partial charge on any atom is -0.480 e. The maximum atomic E-state index is 13.4. The molecule has 0 aromatic carbocycles. The fraction of sp³-hybridized carbons (Fsp3) is 0.619. The van der Waals surface area contributed by atoms with E-state index in [1.807, 2.05) is 0 Å². The van der Waals surface area contributed by atoms with Gasteiger partial charge in [-0.25, -0.2) is 9.78 Å². The number of aromatic amines is 1. The number of nitrogens with one attached hydrogen (secondary N) is 3. The number of carbonyl (C=O) groups is 4. The first kappa shape index (κ1) is 28.5. The van der Waals surface area contributed by atoms with Gasteiger partial charge < -0.3 is 47.9 Å². The van der Waals surface area contributed by atoms with Gasteiger partial charge in [-0.1, -0.05) is 0 Å². The zero-order valence-electron chi connectivity index (χ0n) is 20.1. The van der Waals surface area contributed by atoms with Crippen molar-refractivity contribution in [2.75, 3.05) is 13.1 Å². The molecule has 5 unspecified atom stereocenters. The summed E-state index contributed by atoms with van der Waals surface area (Å²) in [5.41, 5.74) is 16.8. The number of carboxylic acid groups (broad SMARTS) is 1. The van der Waals surface area contributed by atoms with Gasteiger partial charge in [0.1, 0.15) is 24.2 Å². The van der Waals surface area contributed by atoms with Crippen LogP contribution in [0.5, 0.6) is 0 Å². The van der Waals surface area contributed by atoms with Gasteiger partial charge in [0.25, 0.3) is 0 Å². The number of aliphatic imine (C=N–C) groups is 1. The SMILES string of the molecule is CC(O)C(N)C(=O)NC(Cc1cnc[nH]1)C(=O)N1CCCC1C(=O)NC(CCCN=C(N)N)C(=O)O. The highest BCUT2D eigenvalue weighted by atomic mass is 16.4. The molecular formula is C21H35N9O6. The van der Waals surface area contributed by atoms with Gasteiger partial charge in [-0.15, -0.1) is 0 Å². The molecule has 0 bridgehead atoms. The normalized spacial score (nSPS) is 18.5. The number of carboxylic acids is 1. The molecule has 5 atom stereocenters. The second-order valence-corrected chi connectivity index (χ2v) is 8.65. The van der Waals surface area contributed by atoms with Crippen LogP contribution >= 0.6 is 0 Å². The Kier molecular flexibility index (Phi) is 10.6. The van der Waals surface area contributed by atoms with Crippen molar-refractivity contribution in [2.45, 2.75) is 69.3 Å². The summed E-state index contributed by atoms with van der Waals surface area (Å²) in [4.78, 5) is 62.4. The average molecular weight is 510 g/mol. The van der Waals surface area contributed by atoms with E-state index in [4.69, 9.17) is 17.2 Å². The Hall–Kier alpha value is -3.72. The highest BCUT2D eigenvalue weighted by molar-refractivity contribution is 5.94. The molecule has 15 heteroatoms. The minimum absolute atomic E-state index is 0.0461. The summed E-state index contributed by atoms with van der Waals surface area (Å²) in [5, 5.41) is 24.2. The van der Waals surface area contributed by atoms with Crippen molar-refractivity contribution >= 4 is 29.7 Å². The number of H-pyrrole nitrogens is 1. The molecule has 0 radical (unpaired) electrons. The minimum atomic E-state index is -1.25. The van der Waals surface area contributed by atoms with E-state index in [0.717, 1.165) is 0 Å². The van der Waals surface area contributed by atoms with Crippen molar-refractivity contribution in [3.05, 3.63) is 18.2 Å². The molecule has 1 fully saturated rings. The summed E-state index contributed by atoms with van der Waals surface area (Å²) < 4.78 is 0. The van der Waals surface area contributed by atoms with Crippen molar-refractivity contribution in [1.82, 2.24) is 25.5 Å². The summed E-state index contributed by atoms with van der Waals surface area (Å²) in [7, 11) is 0. The number of guanidine groups is 1. The highest BCUT2D eigenvalue weighted by Gasteiger charge is 2.39. The van der Waals surface area contributed by atoms with Gasteiger partial charge >= 0.3 is 5.97 Å². The molecule has 1 aromatic rings. The quantitative estimate of drug-likeness (QED) is 0.0748. The van der Waals surface area contributed by atoms with Gasteiger partial charge in [0, 0.05) is 31.4 Å². The van der Waals surface area contributed by atoms with Crippen LogP contribution in [0.2, 0.25) is 0 Å². The molecular weight excluding hydrogens is 474 g/mol. The Labute approximate surface area is 207 Å². The summed E-state index contributed by atoms with van der Waals surface area (Å²) in [6.07, 6.45) is 3.08. The van der Waals surface area contributed by atoms with Gasteiger partial charge in [0.05, 0.1) is 12.4 Å². The first-order valence-corrected chi connectivity index (χ1v) is 11.6.